The zero-order valence-electron chi connectivity index (χ0n) is 19.2. The van der Waals surface area contributed by atoms with Gasteiger partial charge in [-0.3, -0.25) is 0 Å². The number of fused-ring (bicyclic) bond motifs is 1. The Bertz CT molecular complexity index is 1170. The highest BCUT2D eigenvalue weighted by Gasteiger charge is 2.11. The SMILES string of the molecule is CCOc1cc(CNCCCc2nc3ccccc3[nH]2)c(Br)cc1OCc1cccc(C)c1. The minimum Gasteiger partial charge on any atom is -0.490 e. The van der Waals surface area contributed by atoms with Crippen molar-refractivity contribution in [1.29, 1.82) is 0 Å². The smallest absolute Gasteiger partial charge is 0.162 e. The molecule has 5 nitrogen and oxygen atoms in total. The Hall–Kier alpha value is -2.83. The van der Waals surface area contributed by atoms with Crippen LogP contribution in [0.5, 0.6) is 11.5 Å². The predicted octanol–water partition coefficient (Wildman–Crippen LogP) is 6.33. The van der Waals surface area contributed by atoms with E-state index in [-0.39, 0.29) is 0 Å². The molecule has 1 aromatic heterocycles. The summed E-state index contributed by atoms with van der Waals surface area (Å²) in [5, 5.41) is 3.53. The van der Waals surface area contributed by atoms with E-state index in [2.05, 4.69) is 74.5 Å². The Balaban J connectivity index is 1.31. The first kappa shape index (κ1) is 23.3. The third kappa shape index (κ3) is 6.36. The van der Waals surface area contributed by atoms with Gasteiger partial charge >= 0.3 is 0 Å². The van der Waals surface area contributed by atoms with E-state index in [9.17, 15) is 0 Å². The number of ether oxygens (including phenoxy) is 2. The zero-order chi connectivity index (χ0) is 23.0. The van der Waals surface area contributed by atoms with Crippen LogP contribution in [0.4, 0.5) is 0 Å². The summed E-state index contributed by atoms with van der Waals surface area (Å²) in [5.74, 6) is 2.55. The summed E-state index contributed by atoms with van der Waals surface area (Å²) in [6.45, 7) is 6.82. The first-order chi connectivity index (χ1) is 16.1. The molecule has 0 spiro atoms. The van der Waals surface area contributed by atoms with Crippen molar-refractivity contribution in [2.75, 3.05) is 13.2 Å². The molecule has 2 N–H and O–H groups in total. The van der Waals surface area contributed by atoms with Gasteiger partial charge in [0.1, 0.15) is 12.4 Å². The Morgan fingerprint density at radius 1 is 1.00 bits per heavy atom. The Labute approximate surface area is 203 Å². The average Bonchev–Trinajstić information content (AvgIpc) is 3.22. The topological polar surface area (TPSA) is 59.2 Å². The fourth-order valence-corrected chi connectivity index (χ4v) is 4.25. The number of benzene rings is 3. The van der Waals surface area contributed by atoms with Crippen molar-refractivity contribution < 1.29 is 9.47 Å². The van der Waals surface area contributed by atoms with Gasteiger partial charge in [0.25, 0.3) is 0 Å². The molecule has 4 aromatic rings. The maximum absolute atomic E-state index is 6.10. The van der Waals surface area contributed by atoms with Gasteiger partial charge < -0.3 is 19.8 Å². The van der Waals surface area contributed by atoms with Crippen molar-refractivity contribution in [3.05, 3.63) is 87.7 Å². The minimum atomic E-state index is 0.508. The summed E-state index contributed by atoms with van der Waals surface area (Å²) >= 11 is 3.71. The molecule has 0 unspecified atom stereocenters. The standard InChI is InChI=1S/C27H30BrN3O2/c1-3-32-25-15-21(22(28)16-26(25)33-18-20-9-6-8-19(2)14-20)17-29-13-7-12-27-30-23-10-4-5-11-24(23)31-27/h4-6,8-11,14-16,29H,3,7,12-13,17-18H2,1-2H3,(H,30,31). The lowest BCUT2D eigenvalue weighted by Gasteiger charge is -2.16. The van der Waals surface area contributed by atoms with Crippen LogP contribution < -0.4 is 14.8 Å². The Kier molecular flexibility index (Phi) is 8.02. The number of nitrogens with zero attached hydrogens (tertiary/aromatic N) is 1. The van der Waals surface area contributed by atoms with Crippen LogP contribution in [0.25, 0.3) is 11.0 Å². The summed E-state index contributed by atoms with van der Waals surface area (Å²) in [6, 6.07) is 20.6. The summed E-state index contributed by atoms with van der Waals surface area (Å²) in [5.41, 5.74) is 5.63. The first-order valence-electron chi connectivity index (χ1n) is 11.4. The van der Waals surface area contributed by atoms with Crippen LogP contribution in [0.3, 0.4) is 0 Å². The first-order valence-corrected chi connectivity index (χ1v) is 12.2. The molecular formula is C27H30BrN3O2. The number of imidazole rings is 1. The summed E-state index contributed by atoms with van der Waals surface area (Å²) in [7, 11) is 0. The van der Waals surface area contributed by atoms with Crippen molar-refractivity contribution in [3.8, 4) is 11.5 Å². The van der Waals surface area contributed by atoms with E-state index >= 15 is 0 Å². The van der Waals surface area contributed by atoms with Crippen LogP contribution in [0.15, 0.2) is 65.1 Å². The summed E-state index contributed by atoms with van der Waals surface area (Å²) < 4.78 is 13.0. The molecule has 3 aromatic carbocycles. The molecule has 33 heavy (non-hydrogen) atoms. The molecule has 0 bridgehead atoms. The van der Waals surface area contributed by atoms with Crippen molar-refractivity contribution in [2.45, 2.75) is 39.8 Å². The molecule has 0 atom stereocenters. The molecule has 6 heteroatoms. The van der Waals surface area contributed by atoms with Crippen LogP contribution in [0, 0.1) is 6.92 Å². The van der Waals surface area contributed by atoms with E-state index in [0.717, 1.165) is 69.9 Å². The second kappa shape index (κ2) is 11.3. The van der Waals surface area contributed by atoms with Gasteiger partial charge in [0, 0.05) is 17.4 Å². The number of hydrogen-bond acceptors (Lipinski definition) is 4. The highest BCUT2D eigenvalue weighted by molar-refractivity contribution is 9.10. The Morgan fingerprint density at radius 3 is 2.67 bits per heavy atom. The van der Waals surface area contributed by atoms with Gasteiger partial charge in [-0.05, 0) is 62.2 Å². The average molecular weight is 508 g/mol. The number of hydrogen-bond donors (Lipinski definition) is 2. The van der Waals surface area contributed by atoms with E-state index in [0.29, 0.717) is 13.2 Å². The number of H-pyrrole nitrogens is 1. The fraction of sp³-hybridized carbons (Fsp3) is 0.296. The molecule has 0 aliphatic heterocycles. The molecule has 0 amide bonds. The van der Waals surface area contributed by atoms with E-state index in [4.69, 9.17) is 9.47 Å². The van der Waals surface area contributed by atoms with Crippen LogP contribution in [-0.4, -0.2) is 23.1 Å². The molecule has 0 saturated carbocycles. The Morgan fingerprint density at radius 2 is 1.85 bits per heavy atom. The molecule has 0 aliphatic rings. The molecule has 0 aliphatic carbocycles. The fourth-order valence-electron chi connectivity index (χ4n) is 3.78. The van der Waals surface area contributed by atoms with Gasteiger partial charge in [-0.25, -0.2) is 4.98 Å². The van der Waals surface area contributed by atoms with E-state index in [1.54, 1.807) is 0 Å². The van der Waals surface area contributed by atoms with Crippen molar-refractivity contribution in [3.63, 3.8) is 0 Å². The largest absolute Gasteiger partial charge is 0.490 e. The van der Waals surface area contributed by atoms with E-state index < -0.39 is 0 Å². The zero-order valence-corrected chi connectivity index (χ0v) is 20.7. The number of rotatable bonds is 11. The van der Waals surface area contributed by atoms with Crippen molar-refractivity contribution in [1.82, 2.24) is 15.3 Å². The lowest BCUT2D eigenvalue weighted by Crippen LogP contribution is -2.16. The van der Waals surface area contributed by atoms with Gasteiger partial charge in [-0.1, -0.05) is 57.9 Å². The second-order valence-corrected chi connectivity index (χ2v) is 8.94. The van der Waals surface area contributed by atoms with Crippen LogP contribution in [-0.2, 0) is 19.6 Å². The summed E-state index contributed by atoms with van der Waals surface area (Å²) in [4.78, 5) is 8.04. The molecular weight excluding hydrogens is 478 g/mol. The number of aryl methyl sites for hydroxylation is 2. The second-order valence-electron chi connectivity index (χ2n) is 8.08. The van der Waals surface area contributed by atoms with Gasteiger partial charge in [0.05, 0.1) is 17.6 Å². The number of halogens is 1. The van der Waals surface area contributed by atoms with Crippen LogP contribution in [0.1, 0.15) is 35.9 Å². The predicted molar refractivity (Wildman–Crippen MR) is 137 cm³/mol. The highest BCUT2D eigenvalue weighted by atomic mass is 79.9. The molecule has 1 heterocycles. The normalized spacial score (nSPS) is 11.1. The van der Waals surface area contributed by atoms with E-state index in [1.807, 2.05) is 31.2 Å². The third-order valence-corrected chi connectivity index (χ3v) is 6.15. The quantitative estimate of drug-likeness (QED) is 0.232. The maximum atomic E-state index is 6.10. The minimum absolute atomic E-state index is 0.508. The number of para-hydroxylation sites is 2. The lowest BCUT2D eigenvalue weighted by atomic mass is 10.1. The molecule has 0 radical (unpaired) electrons. The maximum Gasteiger partial charge on any atom is 0.162 e. The van der Waals surface area contributed by atoms with E-state index in [1.165, 1.54) is 5.56 Å². The van der Waals surface area contributed by atoms with Crippen LogP contribution in [0.2, 0.25) is 0 Å². The van der Waals surface area contributed by atoms with Gasteiger partial charge in [0.15, 0.2) is 11.5 Å². The molecule has 0 saturated heterocycles. The lowest BCUT2D eigenvalue weighted by molar-refractivity contribution is 0.269. The van der Waals surface area contributed by atoms with Crippen LogP contribution >= 0.6 is 15.9 Å². The van der Waals surface area contributed by atoms with Crippen molar-refractivity contribution >= 4 is 27.0 Å². The number of aromatic amines is 1. The molecule has 4 rings (SSSR count). The molecule has 172 valence electrons. The van der Waals surface area contributed by atoms with Gasteiger partial charge in [-0.15, -0.1) is 0 Å². The van der Waals surface area contributed by atoms with Gasteiger partial charge in [0.2, 0.25) is 0 Å². The van der Waals surface area contributed by atoms with Crippen molar-refractivity contribution in [2.24, 2.45) is 0 Å². The summed E-state index contributed by atoms with van der Waals surface area (Å²) in [6.07, 6.45) is 1.92. The number of nitrogens with one attached hydrogen (secondary N) is 2. The van der Waals surface area contributed by atoms with Gasteiger partial charge in [-0.2, -0.15) is 0 Å². The highest BCUT2D eigenvalue weighted by Crippen LogP contribution is 2.34. The monoisotopic (exact) mass is 507 g/mol. The molecule has 0 fully saturated rings. The third-order valence-electron chi connectivity index (χ3n) is 5.41. The number of aromatic nitrogens is 2.